The first kappa shape index (κ1) is 4.53. The highest BCUT2D eigenvalue weighted by atomic mass is 35.5. The number of carbonyl (C=O) groups excluding carboxylic acids is 1. The normalized spacial score (nSPS) is 17.9. The zero-order valence-electron chi connectivity index (χ0n) is 3.39. The highest BCUT2D eigenvalue weighted by Crippen LogP contribution is 2.02. The third-order valence-corrected chi connectivity index (χ3v) is 0.783. The number of carbonyl (C=O) groups is 1. The minimum Gasteiger partial charge on any atom is -0.267 e. The van der Waals surface area contributed by atoms with Crippen molar-refractivity contribution in [2.24, 2.45) is 4.99 Å². The van der Waals surface area contributed by atoms with Crippen LogP contribution in [0.15, 0.2) is 16.1 Å². The maximum absolute atomic E-state index is 10.1. The molecule has 1 amide bonds. The average Bonchev–Trinajstić information content (AvgIpc) is 1.87. The Hall–Kier alpha value is -0.630. The van der Waals surface area contributed by atoms with Crippen molar-refractivity contribution in [3.05, 3.63) is 11.1 Å². The molecule has 3 heteroatoms. The van der Waals surface area contributed by atoms with Crippen molar-refractivity contribution in [1.29, 1.82) is 0 Å². The summed E-state index contributed by atoms with van der Waals surface area (Å²) in [7, 11) is 0. The molecule has 0 bridgehead atoms. The van der Waals surface area contributed by atoms with E-state index < -0.39 is 0 Å². The van der Waals surface area contributed by atoms with Gasteiger partial charge in [0.05, 0.1) is 5.03 Å². The quantitative estimate of drug-likeness (QED) is 0.458. The molecule has 0 radical (unpaired) electrons. The van der Waals surface area contributed by atoms with Crippen molar-refractivity contribution in [2.45, 2.75) is 0 Å². The van der Waals surface area contributed by atoms with Crippen molar-refractivity contribution in [3.63, 3.8) is 0 Å². The molecular formula is C4H2ClNO. The second-order valence-corrected chi connectivity index (χ2v) is 1.56. The lowest BCUT2D eigenvalue weighted by Crippen LogP contribution is -1.75. The third-order valence-electron chi connectivity index (χ3n) is 0.576. The molecule has 0 unspecified atom stereocenters. The Morgan fingerprint density at radius 1 is 1.71 bits per heavy atom. The van der Waals surface area contributed by atoms with Gasteiger partial charge < -0.3 is 0 Å². The van der Waals surface area contributed by atoms with Gasteiger partial charge in [0.2, 0.25) is 0 Å². The van der Waals surface area contributed by atoms with Gasteiger partial charge in [-0.1, -0.05) is 11.6 Å². The minimum atomic E-state index is -0.273. The molecular weight excluding hydrogens is 114 g/mol. The first-order chi connectivity index (χ1) is 3.29. The van der Waals surface area contributed by atoms with Gasteiger partial charge in [-0.2, -0.15) is 0 Å². The van der Waals surface area contributed by atoms with Crippen LogP contribution in [0.1, 0.15) is 0 Å². The molecule has 1 rings (SSSR count). The summed E-state index contributed by atoms with van der Waals surface area (Å²) in [6.07, 6.45) is 2.59. The molecule has 0 saturated carbocycles. The maximum Gasteiger partial charge on any atom is 0.271 e. The molecule has 0 atom stereocenters. The van der Waals surface area contributed by atoms with Gasteiger partial charge in [-0.3, -0.25) is 4.79 Å². The van der Waals surface area contributed by atoms with Gasteiger partial charge in [-0.15, -0.1) is 0 Å². The smallest absolute Gasteiger partial charge is 0.267 e. The number of allylic oxidation sites excluding steroid dienone is 1. The van der Waals surface area contributed by atoms with Crippen LogP contribution in [0.4, 0.5) is 0 Å². The van der Waals surface area contributed by atoms with Crippen molar-refractivity contribution in [1.82, 2.24) is 0 Å². The summed E-state index contributed by atoms with van der Waals surface area (Å²) in [5.74, 6) is -0.273. The van der Waals surface area contributed by atoms with Gasteiger partial charge in [0.15, 0.2) is 0 Å². The molecule has 7 heavy (non-hydrogen) atoms. The van der Waals surface area contributed by atoms with E-state index in [9.17, 15) is 4.79 Å². The van der Waals surface area contributed by atoms with Crippen molar-refractivity contribution in [3.8, 4) is 0 Å². The summed E-state index contributed by atoms with van der Waals surface area (Å²) in [5, 5.41) is 0.407. The predicted molar refractivity (Wildman–Crippen MR) is 27.4 cm³/mol. The van der Waals surface area contributed by atoms with Crippen LogP contribution in [0.5, 0.6) is 0 Å². The van der Waals surface area contributed by atoms with E-state index in [1.54, 1.807) is 0 Å². The van der Waals surface area contributed by atoms with E-state index in [1.807, 2.05) is 0 Å². The van der Waals surface area contributed by atoms with Crippen LogP contribution in [-0.4, -0.2) is 12.1 Å². The highest BCUT2D eigenvalue weighted by Gasteiger charge is 2.00. The molecule has 0 aliphatic carbocycles. The molecule has 1 heterocycles. The van der Waals surface area contributed by atoms with Crippen molar-refractivity contribution >= 4 is 23.7 Å². The zero-order chi connectivity index (χ0) is 5.28. The standard InChI is InChI=1S/C4H2ClNO/c5-3-1-4(7)6-2-3/h1-2H. The molecule has 0 fully saturated rings. The Balaban J connectivity index is 2.88. The second-order valence-electron chi connectivity index (χ2n) is 1.13. The lowest BCUT2D eigenvalue weighted by Gasteiger charge is -1.65. The lowest BCUT2D eigenvalue weighted by atomic mass is 10.6. The van der Waals surface area contributed by atoms with E-state index in [0.29, 0.717) is 5.03 Å². The van der Waals surface area contributed by atoms with Crippen LogP contribution in [0.25, 0.3) is 0 Å². The SMILES string of the molecule is O=C1C=C(Cl)C=N1. The number of amides is 1. The molecule has 2 nitrogen and oxygen atoms in total. The molecule has 0 N–H and O–H groups in total. The largest absolute Gasteiger partial charge is 0.271 e. The Bertz CT molecular complexity index is 159. The average molecular weight is 116 g/mol. The fraction of sp³-hybridized carbons (Fsp3) is 0. The molecule has 36 valence electrons. The highest BCUT2D eigenvalue weighted by molar-refractivity contribution is 6.42. The Labute approximate surface area is 45.5 Å². The number of nitrogens with zero attached hydrogens (tertiary/aromatic N) is 1. The van der Waals surface area contributed by atoms with E-state index in [2.05, 4.69) is 4.99 Å². The first-order valence-electron chi connectivity index (χ1n) is 1.74. The molecule has 1 aliphatic rings. The molecule has 0 saturated heterocycles. The fourth-order valence-corrected chi connectivity index (χ4v) is 0.460. The van der Waals surface area contributed by atoms with Crippen molar-refractivity contribution in [2.75, 3.05) is 0 Å². The van der Waals surface area contributed by atoms with Crippen LogP contribution < -0.4 is 0 Å². The summed E-state index contributed by atoms with van der Waals surface area (Å²) >= 11 is 5.30. The van der Waals surface area contributed by atoms with Crippen LogP contribution in [0, 0.1) is 0 Å². The number of halogens is 1. The number of hydrogen-bond acceptors (Lipinski definition) is 1. The van der Waals surface area contributed by atoms with Gasteiger partial charge in [-0.25, -0.2) is 4.99 Å². The van der Waals surface area contributed by atoms with Crippen molar-refractivity contribution < 1.29 is 4.79 Å². The molecule has 0 spiro atoms. The topological polar surface area (TPSA) is 29.4 Å². The van der Waals surface area contributed by atoms with E-state index in [4.69, 9.17) is 11.6 Å². The number of hydrogen-bond donors (Lipinski definition) is 0. The number of aliphatic imine (C=N–C) groups is 1. The van der Waals surface area contributed by atoms with E-state index in [0.717, 1.165) is 0 Å². The van der Waals surface area contributed by atoms with Gasteiger partial charge >= 0.3 is 0 Å². The van der Waals surface area contributed by atoms with Crippen LogP contribution in [0.2, 0.25) is 0 Å². The first-order valence-corrected chi connectivity index (χ1v) is 2.12. The summed E-state index contributed by atoms with van der Waals surface area (Å²) in [4.78, 5) is 13.4. The van der Waals surface area contributed by atoms with Gasteiger partial charge in [0.1, 0.15) is 0 Å². The van der Waals surface area contributed by atoms with Gasteiger partial charge in [0, 0.05) is 12.3 Å². The van der Waals surface area contributed by atoms with Crippen LogP contribution in [-0.2, 0) is 4.79 Å². The zero-order valence-corrected chi connectivity index (χ0v) is 4.14. The second kappa shape index (κ2) is 1.46. The summed E-state index contributed by atoms with van der Waals surface area (Å²) < 4.78 is 0. The monoisotopic (exact) mass is 115 g/mol. The lowest BCUT2D eigenvalue weighted by molar-refractivity contribution is -0.113. The molecule has 1 aliphatic heterocycles. The van der Waals surface area contributed by atoms with E-state index in [-0.39, 0.29) is 5.91 Å². The van der Waals surface area contributed by atoms with E-state index in [1.165, 1.54) is 12.3 Å². The Morgan fingerprint density at radius 2 is 2.43 bits per heavy atom. The minimum absolute atomic E-state index is 0.273. The third kappa shape index (κ3) is 0.871. The fourth-order valence-electron chi connectivity index (χ4n) is 0.318. The van der Waals surface area contributed by atoms with E-state index >= 15 is 0 Å². The molecule has 0 aromatic carbocycles. The van der Waals surface area contributed by atoms with Gasteiger partial charge in [-0.05, 0) is 0 Å². The predicted octanol–water partition coefficient (Wildman–Crippen LogP) is 0.720. The Morgan fingerprint density at radius 3 is 2.57 bits per heavy atom. The molecule has 0 aromatic heterocycles. The summed E-state index contributed by atoms with van der Waals surface area (Å²) in [5.41, 5.74) is 0. The van der Waals surface area contributed by atoms with Crippen LogP contribution >= 0.6 is 11.6 Å². The maximum atomic E-state index is 10.1. The van der Waals surface area contributed by atoms with Crippen LogP contribution in [0.3, 0.4) is 0 Å². The summed E-state index contributed by atoms with van der Waals surface area (Å²) in [6, 6.07) is 0. The Kier molecular flexibility index (Phi) is 0.947. The molecule has 0 aromatic rings. The van der Waals surface area contributed by atoms with Gasteiger partial charge in [0.25, 0.3) is 5.91 Å². The summed E-state index contributed by atoms with van der Waals surface area (Å²) in [6.45, 7) is 0. The number of rotatable bonds is 0.